The van der Waals surface area contributed by atoms with Crippen LogP contribution in [0, 0.1) is 6.92 Å². The molecule has 0 spiro atoms. The predicted molar refractivity (Wildman–Crippen MR) is 76.4 cm³/mol. The van der Waals surface area contributed by atoms with Crippen LogP contribution in [0.3, 0.4) is 0 Å². The van der Waals surface area contributed by atoms with Crippen LogP contribution in [0.4, 0.5) is 0 Å². The van der Waals surface area contributed by atoms with Gasteiger partial charge in [0.2, 0.25) is 0 Å². The number of aryl methyl sites for hydroxylation is 2. The van der Waals surface area contributed by atoms with E-state index in [1.54, 1.807) is 4.68 Å². The van der Waals surface area contributed by atoms with Crippen LogP contribution in [-0.2, 0) is 17.3 Å². The van der Waals surface area contributed by atoms with Gasteiger partial charge in [0, 0.05) is 13.2 Å². The average Bonchev–Trinajstić information content (AvgIpc) is 2.94. The van der Waals surface area contributed by atoms with E-state index in [4.69, 9.17) is 15.0 Å². The third-order valence-corrected chi connectivity index (χ3v) is 3.85. The molecule has 0 bridgehead atoms. The predicted octanol–water partition coefficient (Wildman–Crippen LogP) is 1.52. The third kappa shape index (κ3) is 2.84. The molecule has 1 saturated carbocycles. The molecular formula is C14H21N5O2. The summed E-state index contributed by atoms with van der Waals surface area (Å²) in [6.07, 6.45) is 5.65. The second-order valence-electron chi connectivity index (χ2n) is 6.01. The summed E-state index contributed by atoms with van der Waals surface area (Å²) < 4.78 is 12.8. The Morgan fingerprint density at radius 2 is 2.29 bits per heavy atom. The second kappa shape index (κ2) is 5.23. The average molecular weight is 291 g/mol. The summed E-state index contributed by atoms with van der Waals surface area (Å²) in [5.41, 5.74) is 7.18. The van der Waals surface area contributed by atoms with Gasteiger partial charge in [-0.3, -0.25) is 4.68 Å². The Bertz CT molecular complexity index is 627. The van der Waals surface area contributed by atoms with Crippen molar-refractivity contribution in [2.45, 2.75) is 44.8 Å². The molecule has 1 aliphatic carbocycles. The molecule has 0 amide bonds. The van der Waals surface area contributed by atoms with Crippen LogP contribution in [0.15, 0.2) is 10.7 Å². The van der Waals surface area contributed by atoms with Crippen LogP contribution in [0.5, 0.6) is 0 Å². The van der Waals surface area contributed by atoms with Gasteiger partial charge in [-0.25, -0.2) is 0 Å². The minimum absolute atomic E-state index is 0.333. The third-order valence-electron chi connectivity index (χ3n) is 3.85. The Morgan fingerprint density at radius 1 is 1.52 bits per heavy atom. The van der Waals surface area contributed by atoms with Gasteiger partial charge in [0.15, 0.2) is 5.82 Å². The van der Waals surface area contributed by atoms with E-state index < -0.39 is 5.54 Å². The van der Waals surface area contributed by atoms with Gasteiger partial charge < -0.3 is 15.0 Å². The molecule has 2 aromatic heterocycles. The van der Waals surface area contributed by atoms with Crippen LogP contribution in [-0.4, -0.2) is 32.6 Å². The first-order valence-corrected chi connectivity index (χ1v) is 7.21. The molecule has 114 valence electrons. The lowest BCUT2D eigenvalue weighted by Gasteiger charge is -2.29. The molecule has 1 fully saturated rings. The number of nitrogens with two attached hydrogens (primary N) is 1. The van der Waals surface area contributed by atoms with Crippen molar-refractivity contribution < 1.29 is 9.26 Å². The van der Waals surface area contributed by atoms with Crippen LogP contribution in [0.25, 0.3) is 11.5 Å². The topological polar surface area (TPSA) is 92.0 Å². The SMILES string of the molecule is Cc1nn(C)cc1-c1nc(C(C)(N)COC2CCC2)no1. The largest absolute Gasteiger partial charge is 0.376 e. The van der Waals surface area contributed by atoms with Gasteiger partial charge >= 0.3 is 0 Å². The molecule has 1 atom stereocenters. The molecule has 2 N–H and O–H groups in total. The van der Waals surface area contributed by atoms with E-state index in [-0.39, 0.29) is 0 Å². The maximum absolute atomic E-state index is 6.27. The number of hydrogen-bond acceptors (Lipinski definition) is 6. The van der Waals surface area contributed by atoms with Gasteiger partial charge in [-0.15, -0.1) is 0 Å². The van der Waals surface area contributed by atoms with E-state index in [1.807, 2.05) is 27.1 Å². The summed E-state index contributed by atoms with van der Waals surface area (Å²) in [4.78, 5) is 4.41. The standard InChI is InChI=1S/C14H21N5O2/c1-9-11(7-19(3)17-9)12-16-13(18-21-12)14(2,15)8-20-10-5-4-6-10/h7,10H,4-6,8,15H2,1-3H3. The number of nitrogens with zero attached hydrogens (tertiary/aromatic N) is 4. The molecule has 2 aromatic rings. The van der Waals surface area contributed by atoms with E-state index >= 15 is 0 Å². The van der Waals surface area contributed by atoms with Gasteiger partial charge in [-0.2, -0.15) is 10.1 Å². The molecule has 0 saturated heterocycles. The smallest absolute Gasteiger partial charge is 0.261 e. The van der Waals surface area contributed by atoms with Crippen molar-refractivity contribution in [3.05, 3.63) is 17.7 Å². The lowest BCUT2D eigenvalue weighted by molar-refractivity contribution is -0.0222. The highest BCUT2D eigenvalue weighted by molar-refractivity contribution is 5.54. The summed E-state index contributed by atoms with van der Waals surface area (Å²) in [5.74, 6) is 0.899. The summed E-state index contributed by atoms with van der Waals surface area (Å²) in [5, 5.41) is 8.28. The number of ether oxygens (including phenoxy) is 1. The van der Waals surface area contributed by atoms with Gasteiger partial charge in [-0.1, -0.05) is 5.16 Å². The highest BCUT2D eigenvalue weighted by Gasteiger charge is 2.31. The Morgan fingerprint density at radius 3 is 2.86 bits per heavy atom. The van der Waals surface area contributed by atoms with E-state index in [0.29, 0.717) is 24.4 Å². The minimum Gasteiger partial charge on any atom is -0.376 e. The Balaban J connectivity index is 1.75. The highest BCUT2D eigenvalue weighted by atomic mass is 16.5. The van der Waals surface area contributed by atoms with Gasteiger partial charge in [0.1, 0.15) is 5.54 Å². The van der Waals surface area contributed by atoms with Crippen molar-refractivity contribution >= 4 is 0 Å². The lowest BCUT2D eigenvalue weighted by Crippen LogP contribution is -2.41. The van der Waals surface area contributed by atoms with E-state index in [0.717, 1.165) is 24.1 Å². The molecule has 21 heavy (non-hydrogen) atoms. The Labute approximate surface area is 123 Å². The molecular weight excluding hydrogens is 270 g/mol. The van der Waals surface area contributed by atoms with Crippen molar-refractivity contribution in [1.29, 1.82) is 0 Å². The van der Waals surface area contributed by atoms with Crippen LogP contribution in [0.2, 0.25) is 0 Å². The van der Waals surface area contributed by atoms with E-state index in [2.05, 4.69) is 15.2 Å². The molecule has 2 heterocycles. The highest BCUT2D eigenvalue weighted by Crippen LogP contribution is 2.26. The molecule has 7 nitrogen and oxygen atoms in total. The van der Waals surface area contributed by atoms with Crippen LogP contribution >= 0.6 is 0 Å². The normalized spacial score (nSPS) is 18.5. The molecule has 1 aliphatic rings. The molecule has 0 aliphatic heterocycles. The van der Waals surface area contributed by atoms with Crippen molar-refractivity contribution in [3.63, 3.8) is 0 Å². The fourth-order valence-corrected chi connectivity index (χ4v) is 2.27. The first-order valence-electron chi connectivity index (χ1n) is 7.21. The van der Waals surface area contributed by atoms with Crippen molar-refractivity contribution in [1.82, 2.24) is 19.9 Å². The zero-order valence-electron chi connectivity index (χ0n) is 12.7. The number of aromatic nitrogens is 4. The first kappa shape index (κ1) is 14.2. The quantitative estimate of drug-likeness (QED) is 0.898. The summed E-state index contributed by atoms with van der Waals surface area (Å²) >= 11 is 0. The van der Waals surface area contributed by atoms with Crippen LogP contribution < -0.4 is 5.73 Å². The first-order chi connectivity index (χ1) is 9.95. The molecule has 7 heteroatoms. The van der Waals surface area contributed by atoms with E-state index in [1.165, 1.54) is 6.42 Å². The molecule has 1 unspecified atom stereocenters. The monoisotopic (exact) mass is 291 g/mol. The maximum Gasteiger partial charge on any atom is 0.261 e. The fourth-order valence-electron chi connectivity index (χ4n) is 2.27. The number of hydrogen-bond donors (Lipinski definition) is 1. The fraction of sp³-hybridized carbons (Fsp3) is 0.643. The maximum atomic E-state index is 6.27. The minimum atomic E-state index is -0.756. The van der Waals surface area contributed by atoms with Crippen molar-refractivity contribution in [2.75, 3.05) is 6.61 Å². The van der Waals surface area contributed by atoms with Gasteiger partial charge in [0.05, 0.1) is 24.0 Å². The number of rotatable bonds is 5. The lowest BCUT2D eigenvalue weighted by atomic mass is 9.95. The zero-order chi connectivity index (χ0) is 15.0. The molecule has 0 aromatic carbocycles. The molecule has 0 radical (unpaired) electrons. The van der Waals surface area contributed by atoms with E-state index in [9.17, 15) is 0 Å². The zero-order valence-corrected chi connectivity index (χ0v) is 12.7. The Kier molecular flexibility index (Phi) is 3.54. The van der Waals surface area contributed by atoms with Gasteiger partial charge in [0.25, 0.3) is 5.89 Å². The molecule has 3 rings (SSSR count). The van der Waals surface area contributed by atoms with Crippen LogP contribution in [0.1, 0.15) is 37.7 Å². The van der Waals surface area contributed by atoms with Gasteiger partial charge in [-0.05, 0) is 33.1 Å². The van der Waals surface area contributed by atoms with Crippen molar-refractivity contribution in [3.8, 4) is 11.5 Å². The van der Waals surface area contributed by atoms with Crippen molar-refractivity contribution in [2.24, 2.45) is 12.8 Å². The Hall–Kier alpha value is -1.73. The summed E-state index contributed by atoms with van der Waals surface area (Å²) in [7, 11) is 1.85. The second-order valence-corrected chi connectivity index (χ2v) is 6.01. The summed E-state index contributed by atoms with van der Waals surface area (Å²) in [6.45, 7) is 4.15. The summed E-state index contributed by atoms with van der Waals surface area (Å²) in [6, 6.07) is 0.